The molecule has 1 saturated heterocycles. The molecule has 2 aliphatic heterocycles. The van der Waals surface area contributed by atoms with Crippen LogP contribution in [0, 0.1) is 17.2 Å². The molecule has 2 amide bonds. The molecule has 2 aromatic carbocycles. The molecule has 4 atom stereocenters. The van der Waals surface area contributed by atoms with Crippen molar-refractivity contribution in [2.75, 3.05) is 24.3 Å². The highest BCUT2D eigenvalue weighted by Crippen LogP contribution is 2.61. The van der Waals surface area contributed by atoms with E-state index in [9.17, 15) is 9.59 Å². The maximum Gasteiger partial charge on any atom is 0.248 e. The fourth-order valence-corrected chi connectivity index (χ4v) is 7.54. The SMILES string of the molecule is COc1cc(C(N)=O)ccc1NC(=O)C1(C(C)C)NC(CC(C)(C)C)C2(CNc3cc(Cl)ncc32)C1c1cccc(Cl)c1F. The zero-order valence-electron chi connectivity index (χ0n) is 25.6. The van der Waals surface area contributed by atoms with Crippen LogP contribution >= 0.6 is 23.2 Å². The Balaban J connectivity index is 1.78. The van der Waals surface area contributed by atoms with Gasteiger partial charge in [-0.2, -0.15) is 0 Å². The molecule has 5 N–H and O–H groups in total. The molecular weight excluding hydrogens is 604 g/mol. The van der Waals surface area contributed by atoms with Crippen molar-refractivity contribution >= 4 is 46.4 Å². The number of carbonyl (C=O) groups is 2. The Bertz CT molecular complexity index is 1630. The fourth-order valence-electron chi connectivity index (χ4n) is 7.20. The van der Waals surface area contributed by atoms with E-state index in [2.05, 4.69) is 41.7 Å². The number of nitrogens with zero attached hydrogens (tertiary/aromatic N) is 1. The second-order valence-corrected chi connectivity index (χ2v) is 14.0. The third-order valence-corrected chi connectivity index (χ3v) is 9.58. The number of nitrogens with two attached hydrogens (primary N) is 1. The quantitative estimate of drug-likeness (QED) is 0.218. The molecule has 3 heterocycles. The second kappa shape index (κ2) is 11.5. The predicted molar refractivity (Wildman–Crippen MR) is 172 cm³/mol. The summed E-state index contributed by atoms with van der Waals surface area (Å²) in [6.45, 7) is 10.7. The van der Waals surface area contributed by atoms with Crippen LogP contribution in [0.25, 0.3) is 0 Å². The molecule has 44 heavy (non-hydrogen) atoms. The Morgan fingerprint density at radius 2 is 1.93 bits per heavy atom. The number of aromatic nitrogens is 1. The van der Waals surface area contributed by atoms with Gasteiger partial charge in [0.15, 0.2) is 0 Å². The number of carbonyl (C=O) groups excluding carboxylic acids is 2. The minimum absolute atomic E-state index is 0.0286. The maximum absolute atomic E-state index is 16.3. The fraction of sp³-hybridized carbons (Fsp3) is 0.424. The Morgan fingerprint density at radius 3 is 2.57 bits per heavy atom. The van der Waals surface area contributed by atoms with Gasteiger partial charge in [0.25, 0.3) is 0 Å². The van der Waals surface area contributed by atoms with Crippen LogP contribution in [-0.2, 0) is 10.2 Å². The average Bonchev–Trinajstić information content (AvgIpc) is 3.45. The summed E-state index contributed by atoms with van der Waals surface area (Å²) in [6, 6.07) is 11.0. The summed E-state index contributed by atoms with van der Waals surface area (Å²) < 4.78 is 21.8. The Kier molecular flexibility index (Phi) is 8.37. The van der Waals surface area contributed by atoms with Gasteiger partial charge in [-0.1, -0.05) is 70.0 Å². The van der Waals surface area contributed by atoms with Crippen molar-refractivity contribution in [2.45, 2.75) is 64.0 Å². The maximum atomic E-state index is 16.3. The van der Waals surface area contributed by atoms with Crippen molar-refractivity contribution in [1.82, 2.24) is 10.3 Å². The van der Waals surface area contributed by atoms with E-state index in [1.807, 2.05) is 13.8 Å². The lowest BCUT2D eigenvalue weighted by atomic mass is 9.58. The van der Waals surface area contributed by atoms with E-state index in [4.69, 9.17) is 33.7 Å². The number of amides is 2. The van der Waals surface area contributed by atoms with Crippen LogP contribution in [0.1, 0.15) is 68.4 Å². The van der Waals surface area contributed by atoms with Gasteiger partial charge in [-0.25, -0.2) is 9.37 Å². The van der Waals surface area contributed by atoms with Crippen LogP contribution in [0.2, 0.25) is 10.2 Å². The van der Waals surface area contributed by atoms with Gasteiger partial charge in [-0.3, -0.25) is 14.9 Å². The van der Waals surface area contributed by atoms with Gasteiger partial charge in [-0.05, 0) is 53.6 Å². The number of benzene rings is 2. The van der Waals surface area contributed by atoms with Crippen LogP contribution in [-0.4, -0.2) is 42.0 Å². The van der Waals surface area contributed by atoms with Gasteiger partial charge in [0.1, 0.15) is 22.3 Å². The lowest BCUT2D eigenvalue weighted by molar-refractivity contribution is -0.124. The zero-order chi connectivity index (χ0) is 32.2. The van der Waals surface area contributed by atoms with Crippen molar-refractivity contribution < 1.29 is 18.7 Å². The highest BCUT2D eigenvalue weighted by atomic mass is 35.5. The summed E-state index contributed by atoms with van der Waals surface area (Å²) in [6.07, 6.45) is 2.40. The monoisotopic (exact) mass is 641 g/mol. The molecule has 2 aliphatic rings. The lowest BCUT2D eigenvalue weighted by Crippen LogP contribution is -2.59. The van der Waals surface area contributed by atoms with E-state index in [1.165, 1.54) is 25.3 Å². The number of anilines is 2. The van der Waals surface area contributed by atoms with Gasteiger partial charge in [0.2, 0.25) is 11.8 Å². The molecule has 5 rings (SSSR count). The van der Waals surface area contributed by atoms with E-state index in [0.717, 1.165) is 11.3 Å². The number of hydrogen-bond acceptors (Lipinski definition) is 6. The Hall–Kier alpha value is -3.40. The third-order valence-electron chi connectivity index (χ3n) is 9.08. The van der Waals surface area contributed by atoms with Gasteiger partial charge in [-0.15, -0.1) is 0 Å². The van der Waals surface area contributed by atoms with Gasteiger partial charge >= 0.3 is 0 Å². The van der Waals surface area contributed by atoms with E-state index in [-0.39, 0.29) is 39.6 Å². The van der Waals surface area contributed by atoms with Crippen LogP contribution in [0.15, 0.2) is 48.7 Å². The molecule has 1 aromatic heterocycles. The first-order valence-corrected chi connectivity index (χ1v) is 15.3. The number of methoxy groups -OCH3 is 1. The molecule has 0 saturated carbocycles. The summed E-state index contributed by atoms with van der Waals surface area (Å²) in [5, 5.41) is 10.7. The van der Waals surface area contributed by atoms with Crippen molar-refractivity contribution in [3.05, 3.63) is 81.3 Å². The number of nitrogens with one attached hydrogen (secondary N) is 3. The van der Waals surface area contributed by atoms with Gasteiger partial charge in [0, 0.05) is 46.9 Å². The molecule has 4 unspecified atom stereocenters. The molecule has 3 aromatic rings. The Morgan fingerprint density at radius 1 is 1.20 bits per heavy atom. The van der Waals surface area contributed by atoms with Gasteiger partial charge in [0.05, 0.1) is 17.8 Å². The molecule has 0 radical (unpaired) electrons. The molecule has 11 heteroatoms. The molecule has 0 bridgehead atoms. The molecule has 0 aliphatic carbocycles. The standard InChI is InChI=1S/C33H38Cl2FN5O3/c1-17(2)33(30(43)40-22-11-10-18(29(37)42)12-24(22)44-6)28(19-8-7-9-21(34)27(19)36)32(25(41-33)14-31(3,4)5)16-39-23-13-26(35)38-15-20(23)32/h7-13,15,17,25,28,39,41H,14,16H2,1-6H3,(H2,37,42)(H,40,43). The summed E-state index contributed by atoms with van der Waals surface area (Å²) in [5.74, 6) is -2.39. The number of halogens is 3. The molecule has 1 spiro atoms. The number of fused-ring (bicyclic) bond motifs is 2. The number of primary amides is 1. The van der Waals surface area contributed by atoms with Crippen LogP contribution in [0.4, 0.5) is 15.8 Å². The summed E-state index contributed by atoms with van der Waals surface area (Å²) in [7, 11) is 1.44. The van der Waals surface area contributed by atoms with Gasteiger partial charge < -0.3 is 21.1 Å². The second-order valence-electron chi connectivity index (χ2n) is 13.2. The molecule has 8 nitrogen and oxygen atoms in total. The molecular formula is C33H38Cl2FN5O3. The molecule has 234 valence electrons. The number of rotatable bonds is 7. The first-order chi connectivity index (χ1) is 20.7. The number of pyridine rings is 1. The minimum atomic E-state index is -1.35. The van der Waals surface area contributed by atoms with Crippen LogP contribution in [0.5, 0.6) is 5.75 Å². The van der Waals surface area contributed by atoms with Crippen molar-refractivity contribution in [2.24, 2.45) is 17.1 Å². The Labute approximate surface area is 267 Å². The minimum Gasteiger partial charge on any atom is -0.495 e. The normalized spacial score (nSPS) is 24.3. The summed E-state index contributed by atoms with van der Waals surface area (Å²) in [4.78, 5) is 31.2. The predicted octanol–water partition coefficient (Wildman–Crippen LogP) is 6.52. The third kappa shape index (κ3) is 5.18. The summed E-state index contributed by atoms with van der Waals surface area (Å²) >= 11 is 12.7. The average molecular weight is 643 g/mol. The largest absolute Gasteiger partial charge is 0.495 e. The molecule has 1 fully saturated rings. The lowest BCUT2D eigenvalue weighted by Gasteiger charge is -2.43. The topological polar surface area (TPSA) is 118 Å². The van der Waals surface area contributed by atoms with E-state index < -0.39 is 28.6 Å². The smallest absolute Gasteiger partial charge is 0.248 e. The van der Waals surface area contributed by atoms with Crippen molar-refractivity contribution in [3.8, 4) is 5.75 Å². The highest BCUT2D eigenvalue weighted by molar-refractivity contribution is 6.30. The summed E-state index contributed by atoms with van der Waals surface area (Å²) in [5.41, 5.74) is 5.70. The highest BCUT2D eigenvalue weighted by Gasteiger charge is 2.69. The van der Waals surface area contributed by atoms with Crippen LogP contribution in [0.3, 0.4) is 0 Å². The van der Waals surface area contributed by atoms with E-state index in [0.29, 0.717) is 29.4 Å². The van der Waals surface area contributed by atoms with Crippen molar-refractivity contribution in [3.63, 3.8) is 0 Å². The first-order valence-electron chi connectivity index (χ1n) is 14.6. The first kappa shape index (κ1) is 32.0. The van der Waals surface area contributed by atoms with Crippen LogP contribution < -0.4 is 26.4 Å². The van der Waals surface area contributed by atoms with E-state index in [1.54, 1.807) is 30.5 Å². The number of ether oxygens (including phenoxy) is 1. The zero-order valence-corrected chi connectivity index (χ0v) is 27.2. The van der Waals surface area contributed by atoms with Crippen molar-refractivity contribution in [1.29, 1.82) is 0 Å². The van der Waals surface area contributed by atoms with E-state index >= 15 is 4.39 Å². The number of hydrogen-bond donors (Lipinski definition) is 4.